The molecule has 0 radical (unpaired) electrons. The van der Waals surface area contributed by atoms with E-state index >= 15 is 0 Å². The second kappa shape index (κ2) is 9.14. The Hall–Kier alpha value is -2.19. The number of piperidine rings is 1. The molecule has 1 atom stereocenters. The van der Waals surface area contributed by atoms with E-state index in [0.717, 1.165) is 0 Å². The third-order valence-corrected chi connectivity index (χ3v) is 4.75. The number of rotatable bonds is 8. The molecule has 0 bridgehead atoms. The lowest BCUT2D eigenvalue weighted by atomic mass is 9.91. The van der Waals surface area contributed by atoms with Gasteiger partial charge in [0.2, 0.25) is 5.91 Å². The van der Waals surface area contributed by atoms with Crippen molar-refractivity contribution in [1.82, 2.24) is 15.1 Å². The van der Waals surface area contributed by atoms with E-state index in [1.165, 1.54) is 29.0 Å². The number of halogens is 1. The van der Waals surface area contributed by atoms with E-state index in [1.807, 2.05) is 0 Å². The highest BCUT2D eigenvalue weighted by atomic mass is 19.1. The summed E-state index contributed by atoms with van der Waals surface area (Å²) in [6.45, 7) is 0.959. The van der Waals surface area contributed by atoms with Gasteiger partial charge in [-0.1, -0.05) is 0 Å². The highest BCUT2D eigenvalue weighted by molar-refractivity contribution is 5.86. The highest BCUT2D eigenvalue weighted by Gasteiger charge is 2.41. The average molecular weight is 381 g/mol. The average Bonchev–Trinajstić information content (AvgIpc) is 2.64. The van der Waals surface area contributed by atoms with E-state index in [9.17, 15) is 19.1 Å². The van der Waals surface area contributed by atoms with E-state index in [-0.39, 0.29) is 25.4 Å². The Labute approximate surface area is 159 Å². The van der Waals surface area contributed by atoms with Crippen LogP contribution < -0.4 is 10.1 Å². The largest absolute Gasteiger partial charge is 0.497 e. The number of methoxy groups -OCH3 is 1. The van der Waals surface area contributed by atoms with Crippen LogP contribution in [0.25, 0.3) is 0 Å². The molecular formula is C19H28FN3O4. The van der Waals surface area contributed by atoms with E-state index in [0.29, 0.717) is 37.2 Å². The number of amides is 2. The van der Waals surface area contributed by atoms with Gasteiger partial charge in [-0.3, -0.25) is 9.59 Å². The van der Waals surface area contributed by atoms with Crippen molar-refractivity contribution in [3.05, 3.63) is 29.6 Å². The Bertz CT molecular complexity index is 683. The molecule has 1 saturated heterocycles. The summed E-state index contributed by atoms with van der Waals surface area (Å²) >= 11 is 0. The molecule has 1 unspecified atom stereocenters. The molecule has 1 aliphatic rings. The van der Waals surface area contributed by atoms with Crippen LogP contribution in [0.1, 0.15) is 24.8 Å². The summed E-state index contributed by atoms with van der Waals surface area (Å²) in [5.41, 5.74) is -1.20. The van der Waals surface area contributed by atoms with Crippen LogP contribution in [0.3, 0.4) is 0 Å². The van der Waals surface area contributed by atoms with E-state index in [4.69, 9.17) is 4.74 Å². The molecule has 2 rings (SSSR count). The molecule has 0 saturated carbocycles. The van der Waals surface area contributed by atoms with E-state index in [1.54, 1.807) is 20.2 Å². The number of carbonyl (C=O) groups is 2. The third-order valence-electron chi connectivity index (χ3n) is 4.75. The van der Waals surface area contributed by atoms with Gasteiger partial charge in [0, 0.05) is 52.3 Å². The molecule has 8 heteroatoms. The number of aliphatic hydroxyl groups is 1. The molecule has 1 aromatic carbocycles. The number of carbonyl (C=O) groups excluding carboxylic acids is 2. The summed E-state index contributed by atoms with van der Waals surface area (Å²) in [5.74, 6) is -0.363. The van der Waals surface area contributed by atoms with Gasteiger partial charge in [0.15, 0.2) is 5.60 Å². The smallest absolute Gasteiger partial charge is 0.256 e. The number of hydrogen-bond donors (Lipinski definition) is 2. The third kappa shape index (κ3) is 5.40. The SMILES string of the molecule is COc1ccc(F)c(CN2CCCC(O)(CNCCC(=O)N(C)C)C2=O)c1. The quantitative estimate of drug-likeness (QED) is 0.650. The number of nitrogens with zero attached hydrogens (tertiary/aromatic N) is 2. The monoisotopic (exact) mass is 381 g/mol. The van der Waals surface area contributed by atoms with Crippen molar-refractivity contribution in [2.24, 2.45) is 0 Å². The zero-order chi connectivity index (χ0) is 20.0. The van der Waals surface area contributed by atoms with Crippen molar-refractivity contribution in [1.29, 1.82) is 0 Å². The van der Waals surface area contributed by atoms with Crippen LogP contribution in [-0.2, 0) is 16.1 Å². The molecule has 1 aliphatic heterocycles. The lowest BCUT2D eigenvalue weighted by molar-refractivity contribution is -0.157. The van der Waals surface area contributed by atoms with Gasteiger partial charge >= 0.3 is 0 Å². The first-order valence-corrected chi connectivity index (χ1v) is 9.02. The Morgan fingerprint density at radius 1 is 1.44 bits per heavy atom. The van der Waals surface area contributed by atoms with Crippen LogP contribution in [0.4, 0.5) is 4.39 Å². The Kier molecular flexibility index (Phi) is 7.15. The van der Waals surface area contributed by atoms with Gasteiger partial charge < -0.3 is 25.0 Å². The summed E-state index contributed by atoms with van der Waals surface area (Å²) in [7, 11) is 4.85. The predicted octanol–water partition coefficient (Wildman–Crippen LogP) is 0.756. The first-order chi connectivity index (χ1) is 12.8. The lowest BCUT2D eigenvalue weighted by Gasteiger charge is -2.38. The molecule has 0 aromatic heterocycles. The number of nitrogens with one attached hydrogen (secondary N) is 1. The Morgan fingerprint density at radius 2 is 2.19 bits per heavy atom. The van der Waals surface area contributed by atoms with E-state index in [2.05, 4.69) is 5.32 Å². The number of benzene rings is 1. The van der Waals surface area contributed by atoms with Crippen LogP contribution in [0.5, 0.6) is 5.75 Å². The molecule has 0 aliphatic carbocycles. The van der Waals surface area contributed by atoms with Crippen molar-refractivity contribution < 1.29 is 23.8 Å². The van der Waals surface area contributed by atoms with Crippen LogP contribution in [0.15, 0.2) is 18.2 Å². The maximum Gasteiger partial charge on any atom is 0.256 e. The zero-order valence-corrected chi connectivity index (χ0v) is 16.1. The highest BCUT2D eigenvalue weighted by Crippen LogP contribution is 2.25. The summed E-state index contributed by atoms with van der Waals surface area (Å²) in [6, 6.07) is 4.38. The maximum atomic E-state index is 14.1. The fourth-order valence-electron chi connectivity index (χ4n) is 3.10. The maximum absolute atomic E-state index is 14.1. The van der Waals surface area contributed by atoms with Crippen molar-refractivity contribution in [2.45, 2.75) is 31.4 Å². The van der Waals surface area contributed by atoms with Crippen LogP contribution in [0.2, 0.25) is 0 Å². The summed E-state index contributed by atoms with van der Waals surface area (Å²) < 4.78 is 19.2. The molecule has 1 heterocycles. The van der Waals surface area contributed by atoms with Gasteiger partial charge in [0.05, 0.1) is 7.11 Å². The minimum atomic E-state index is -1.55. The number of likely N-dealkylation sites (tertiary alicyclic amines) is 1. The van der Waals surface area contributed by atoms with Gasteiger partial charge in [-0.15, -0.1) is 0 Å². The van der Waals surface area contributed by atoms with Crippen molar-refractivity contribution in [3.63, 3.8) is 0 Å². The van der Waals surface area contributed by atoms with Crippen LogP contribution in [0, 0.1) is 5.82 Å². The summed E-state index contributed by atoms with van der Waals surface area (Å²) in [5, 5.41) is 13.8. The number of ether oxygens (including phenoxy) is 1. The van der Waals surface area contributed by atoms with E-state index < -0.39 is 17.3 Å². The first kappa shape index (κ1) is 21.1. The topological polar surface area (TPSA) is 82.1 Å². The molecule has 2 amide bonds. The minimum absolute atomic E-state index is 0.0282. The summed E-state index contributed by atoms with van der Waals surface area (Å²) in [6.07, 6.45) is 1.24. The Balaban J connectivity index is 1.97. The molecule has 2 N–H and O–H groups in total. The molecule has 150 valence electrons. The molecule has 1 aromatic rings. The molecule has 7 nitrogen and oxygen atoms in total. The molecule has 0 spiro atoms. The first-order valence-electron chi connectivity index (χ1n) is 9.02. The lowest BCUT2D eigenvalue weighted by Crippen LogP contribution is -2.57. The van der Waals surface area contributed by atoms with Crippen LogP contribution in [-0.4, -0.2) is 73.2 Å². The van der Waals surface area contributed by atoms with Crippen molar-refractivity contribution in [2.75, 3.05) is 40.8 Å². The van der Waals surface area contributed by atoms with Gasteiger partial charge in [0.1, 0.15) is 11.6 Å². The second-order valence-electron chi connectivity index (χ2n) is 7.03. The Morgan fingerprint density at radius 3 is 2.85 bits per heavy atom. The fourth-order valence-corrected chi connectivity index (χ4v) is 3.10. The molecule has 27 heavy (non-hydrogen) atoms. The van der Waals surface area contributed by atoms with Gasteiger partial charge in [-0.25, -0.2) is 4.39 Å². The van der Waals surface area contributed by atoms with Crippen LogP contribution >= 0.6 is 0 Å². The fraction of sp³-hybridized carbons (Fsp3) is 0.579. The van der Waals surface area contributed by atoms with Gasteiger partial charge in [-0.2, -0.15) is 0 Å². The minimum Gasteiger partial charge on any atom is -0.497 e. The standard InChI is InChI=1S/C19H28FN3O4/c1-22(2)17(24)7-9-21-13-19(26)8-4-10-23(18(19)25)12-14-11-15(27-3)5-6-16(14)20/h5-6,11,21,26H,4,7-10,12-13H2,1-3H3. The van der Waals surface area contributed by atoms with Crippen molar-refractivity contribution in [3.8, 4) is 5.75 Å². The molecular weight excluding hydrogens is 353 g/mol. The zero-order valence-electron chi connectivity index (χ0n) is 16.1. The number of hydrogen-bond acceptors (Lipinski definition) is 5. The summed E-state index contributed by atoms with van der Waals surface area (Å²) in [4.78, 5) is 27.3. The normalized spacial score (nSPS) is 19.9. The van der Waals surface area contributed by atoms with Crippen molar-refractivity contribution >= 4 is 11.8 Å². The predicted molar refractivity (Wildman–Crippen MR) is 98.7 cm³/mol. The molecule has 1 fully saturated rings. The van der Waals surface area contributed by atoms with Gasteiger partial charge in [0.25, 0.3) is 5.91 Å². The van der Waals surface area contributed by atoms with Gasteiger partial charge in [-0.05, 0) is 31.0 Å². The second-order valence-corrected chi connectivity index (χ2v) is 7.03.